The van der Waals surface area contributed by atoms with Crippen molar-refractivity contribution in [2.45, 2.75) is 46.5 Å². The average molecular weight is 383 g/mol. The molecule has 0 fully saturated rings. The van der Waals surface area contributed by atoms with Crippen LogP contribution in [0.5, 0.6) is 17.2 Å². The second-order valence-electron chi connectivity index (χ2n) is 6.68. The Morgan fingerprint density at radius 2 is 1.64 bits per heavy atom. The van der Waals surface area contributed by atoms with Gasteiger partial charge in [-0.2, -0.15) is 0 Å². The summed E-state index contributed by atoms with van der Waals surface area (Å²) < 4.78 is 11.8. The van der Waals surface area contributed by atoms with Crippen LogP contribution in [0.3, 0.4) is 0 Å². The number of hydrogen-bond donors (Lipinski definition) is 1. The maximum atomic E-state index is 12.5. The zero-order valence-electron chi connectivity index (χ0n) is 17.0. The number of aromatic hydroxyl groups is 1. The Bertz CT molecular complexity index is 791. The highest BCUT2D eigenvalue weighted by Gasteiger charge is 2.12. The molecule has 0 saturated heterocycles. The number of ketones is 1. The molecule has 4 nitrogen and oxygen atoms in total. The Morgan fingerprint density at radius 3 is 2.29 bits per heavy atom. The van der Waals surface area contributed by atoms with E-state index >= 15 is 0 Å². The molecule has 4 heteroatoms. The first-order valence-corrected chi connectivity index (χ1v) is 10.0. The van der Waals surface area contributed by atoms with Gasteiger partial charge in [-0.15, -0.1) is 0 Å². The van der Waals surface area contributed by atoms with Crippen LogP contribution in [-0.4, -0.2) is 24.1 Å². The number of benzene rings is 2. The van der Waals surface area contributed by atoms with E-state index in [0.29, 0.717) is 18.8 Å². The summed E-state index contributed by atoms with van der Waals surface area (Å²) in [5.74, 6) is 1.61. The zero-order valence-corrected chi connectivity index (χ0v) is 17.0. The molecule has 0 unspecified atom stereocenters. The first-order chi connectivity index (χ1) is 13.6. The predicted octanol–water partition coefficient (Wildman–Crippen LogP) is 5.82. The van der Waals surface area contributed by atoms with Crippen LogP contribution in [0.4, 0.5) is 0 Å². The molecule has 0 spiro atoms. The minimum atomic E-state index is -0.113. The Balaban J connectivity index is 2.37. The lowest BCUT2D eigenvalue weighted by Crippen LogP contribution is -2.03. The van der Waals surface area contributed by atoms with Crippen molar-refractivity contribution in [2.75, 3.05) is 13.2 Å². The van der Waals surface area contributed by atoms with Crippen molar-refractivity contribution in [1.29, 1.82) is 0 Å². The van der Waals surface area contributed by atoms with Crippen LogP contribution in [0, 0.1) is 0 Å². The number of allylic oxidation sites excluding steroid dienone is 1. The molecule has 0 aliphatic carbocycles. The Morgan fingerprint density at radius 1 is 0.964 bits per heavy atom. The van der Waals surface area contributed by atoms with Gasteiger partial charge in [0.05, 0.1) is 13.2 Å². The fraction of sp³-hybridized carbons (Fsp3) is 0.375. The number of ether oxygens (including phenoxy) is 2. The van der Waals surface area contributed by atoms with Crippen molar-refractivity contribution in [2.24, 2.45) is 0 Å². The summed E-state index contributed by atoms with van der Waals surface area (Å²) in [6.45, 7) is 7.55. The van der Waals surface area contributed by atoms with Gasteiger partial charge in [0.2, 0.25) is 0 Å². The van der Waals surface area contributed by atoms with Crippen molar-refractivity contribution < 1.29 is 19.4 Å². The highest BCUT2D eigenvalue weighted by molar-refractivity contribution is 6.07. The molecule has 1 N–H and O–H groups in total. The molecule has 2 aromatic rings. The molecular weight excluding hydrogens is 352 g/mol. The van der Waals surface area contributed by atoms with Gasteiger partial charge in [0.25, 0.3) is 0 Å². The number of carbonyl (C=O) groups is 1. The van der Waals surface area contributed by atoms with E-state index in [1.54, 1.807) is 18.2 Å². The summed E-state index contributed by atoms with van der Waals surface area (Å²) in [7, 11) is 0. The van der Waals surface area contributed by atoms with Gasteiger partial charge in [0.15, 0.2) is 5.78 Å². The highest BCUT2D eigenvalue weighted by Crippen LogP contribution is 2.31. The van der Waals surface area contributed by atoms with Crippen LogP contribution in [-0.2, 0) is 6.42 Å². The first-order valence-electron chi connectivity index (χ1n) is 10.0. The Hall–Kier alpha value is -2.75. The maximum Gasteiger partial charge on any atom is 0.185 e. The molecular formula is C24H30O4. The summed E-state index contributed by atoms with van der Waals surface area (Å²) in [4.78, 5) is 12.5. The van der Waals surface area contributed by atoms with Gasteiger partial charge in [-0.1, -0.05) is 33.3 Å². The number of phenolic OH excluding ortho intramolecular Hbond substituents is 1. The van der Waals surface area contributed by atoms with Crippen LogP contribution < -0.4 is 9.47 Å². The summed E-state index contributed by atoms with van der Waals surface area (Å²) in [5, 5.41) is 9.39. The lowest BCUT2D eigenvalue weighted by Gasteiger charge is -2.16. The summed E-state index contributed by atoms with van der Waals surface area (Å²) in [6.07, 6.45) is 7.08. The van der Waals surface area contributed by atoms with E-state index in [-0.39, 0.29) is 11.5 Å². The minimum absolute atomic E-state index is 0.113. The van der Waals surface area contributed by atoms with Gasteiger partial charge >= 0.3 is 0 Å². The van der Waals surface area contributed by atoms with E-state index in [4.69, 9.17) is 9.47 Å². The standard InChI is InChI=1S/C24H30O4/c1-4-7-22-19(10-13-23(26)18-8-11-20(25)12-9-18)16-21(27-14-5-2)17-24(22)28-15-6-3/h8-13,16-17,25H,4-7,14-15H2,1-3H3/b13-10+. The predicted molar refractivity (Wildman–Crippen MR) is 113 cm³/mol. The van der Waals surface area contributed by atoms with E-state index in [1.165, 1.54) is 12.1 Å². The maximum absolute atomic E-state index is 12.5. The number of rotatable bonds is 11. The third kappa shape index (κ3) is 6.15. The zero-order chi connectivity index (χ0) is 20.4. The lowest BCUT2D eigenvalue weighted by atomic mass is 10.00. The van der Waals surface area contributed by atoms with Crippen molar-refractivity contribution in [3.05, 3.63) is 59.2 Å². The molecule has 0 heterocycles. The average Bonchev–Trinajstić information content (AvgIpc) is 2.71. The van der Waals surface area contributed by atoms with Gasteiger partial charge in [-0.3, -0.25) is 4.79 Å². The third-order valence-corrected chi connectivity index (χ3v) is 4.22. The van der Waals surface area contributed by atoms with Crippen molar-refractivity contribution in [3.8, 4) is 17.2 Å². The molecule has 0 aliphatic heterocycles. The van der Waals surface area contributed by atoms with Crippen LogP contribution in [0.2, 0.25) is 0 Å². The molecule has 0 radical (unpaired) electrons. The Kier molecular flexibility index (Phi) is 8.60. The molecule has 2 aromatic carbocycles. The van der Waals surface area contributed by atoms with E-state index in [1.807, 2.05) is 18.2 Å². The number of phenols is 1. The number of hydrogen-bond acceptors (Lipinski definition) is 4. The summed E-state index contributed by atoms with van der Waals surface area (Å²) >= 11 is 0. The third-order valence-electron chi connectivity index (χ3n) is 4.22. The highest BCUT2D eigenvalue weighted by atomic mass is 16.5. The summed E-state index contributed by atoms with van der Waals surface area (Å²) in [5.41, 5.74) is 2.56. The Labute approximate surface area is 167 Å². The van der Waals surface area contributed by atoms with Gasteiger partial charge in [0.1, 0.15) is 17.2 Å². The monoisotopic (exact) mass is 382 g/mol. The molecule has 0 saturated carbocycles. The van der Waals surface area contributed by atoms with Crippen LogP contribution in [0.1, 0.15) is 61.5 Å². The normalized spacial score (nSPS) is 11.0. The van der Waals surface area contributed by atoms with Crippen LogP contribution >= 0.6 is 0 Å². The quantitative estimate of drug-likeness (QED) is 0.393. The van der Waals surface area contributed by atoms with E-state index < -0.39 is 0 Å². The first kappa shape index (κ1) is 21.5. The molecule has 0 amide bonds. The van der Waals surface area contributed by atoms with Gasteiger partial charge in [-0.25, -0.2) is 0 Å². The van der Waals surface area contributed by atoms with Gasteiger partial charge in [0, 0.05) is 17.2 Å². The van der Waals surface area contributed by atoms with Gasteiger partial charge < -0.3 is 14.6 Å². The molecule has 28 heavy (non-hydrogen) atoms. The largest absolute Gasteiger partial charge is 0.508 e. The molecule has 2 rings (SSSR count). The SMILES string of the molecule is CCCOc1cc(/C=C/C(=O)c2ccc(O)cc2)c(CCC)c(OCCC)c1. The van der Waals surface area contributed by atoms with Crippen LogP contribution in [0.15, 0.2) is 42.5 Å². The second-order valence-corrected chi connectivity index (χ2v) is 6.68. The lowest BCUT2D eigenvalue weighted by molar-refractivity contribution is 0.104. The van der Waals surface area contributed by atoms with E-state index in [9.17, 15) is 9.90 Å². The van der Waals surface area contributed by atoms with E-state index in [2.05, 4.69) is 20.8 Å². The summed E-state index contributed by atoms with van der Waals surface area (Å²) in [6, 6.07) is 10.2. The fourth-order valence-corrected chi connectivity index (χ4v) is 2.84. The van der Waals surface area contributed by atoms with Crippen molar-refractivity contribution in [1.82, 2.24) is 0 Å². The molecule has 0 aliphatic rings. The topological polar surface area (TPSA) is 55.8 Å². The second kappa shape index (κ2) is 11.2. The molecule has 0 bridgehead atoms. The smallest absolute Gasteiger partial charge is 0.185 e. The fourth-order valence-electron chi connectivity index (χ4n) is 2.84. The molecule has 0 atom stereocenters. The van der Waals surface area contributed by atoms with Crippen LogP contribution in [0.25, 0.3) is 6.08 Å². The van der Waals surface area contributed by atoms with Crippen molar-refractivity contribution >= 4 is 11.9 Å². The minimum Gasteiger partial charge on any atom is -0.508 e. The molecule has 0 aromatic heterocycles. The van der Waals surface area contributed by atoms with Gasteiger partial charge in [-0.05, 0) is 61.2 Å². The van der Waals surface area contributed by atoms with E-state index in [0.717, 1.165) is 48.3 Å². The molecule has 150 valence electrons. The number of carbonyl (C=O) groups excluding carboxylic acids is 1. The van der Waals surface area contributed by atoms with Crippen molar-refractivity contribution in [3.63, 3.8) is 0 Å².